The lowest BCUT2D eigenvalue weighted by atomic mass is 10.0. The van der Waals surface area contributed by atoms with E-state index in [2.05, 4.69) is 31.9 Å². The molecule has 2 aromatic rings. The van der Waals surface area contributed by atoms with E-state index in [9.17, 15) is 0 Å². The third kappa shape index (κ3) is 2.96. The highest BCUT2D eigenvalue weighted by molar-refractivity contribution is 5.44. The van der Waals surface area contributed by atoms with Crippen LogP contribution in [0, 0.1) is 13.8 Å². The van der Waals surface area contributed by atoms with Crippen LogP contribution in [0.5, 0.6) is 0 Å². The summed E-state index contributed by atoms with van der Waals surface area (Å²) in [7, 11) is 0. The van der Waals surface area contributed by atoms with E-state index in [-0.39, 0.29) is 0 Å². The second-order valence-corrected chi connectivity index (χ2v) is 5.39. The number of aromatic nitrogens is 3. The average molecular weight is 259 g/mol. The van der Waals surface area contributed by atoms with Gasteiger partial charge in [0, 0.05) is 17.5 Å². The van der Waals surface area contributed by atoms with Gasteiger partial charge in [-0.25, -0.2) is 9.50 Å². The summed E-state index contributed by atoms with van der Waals surface area (Å²) in [4.78, 5) is 4.85. The van der Waals surface area contributed by atoms with Crippen molar-refractivity contribution in [2.75, 3.05) is 0 Å². The summed E-state index contributed by atoms with van der Waals surface area (Å²) in [6.07, 6.45) is 7.11. The molecule has 3 nitrogen and oxygen atoms in total. The summed E-state index contributed by atoms with van der Waals surface area (Å²) in [5, 5.41) is 4.56. The molecule has 19 heavy (non-hydrogen) atoms. The number of unbranched alkanes of at least 4 members (excludes halogenated alkanes) is 2. The van der Waals surface area contributed by atoms with E-state index in [4.69, 9.17) is 4.98 Å². The van der Waals surface area contributed by atoms with Gasteiger partial charge in [-0.1, -0.05) is 26.7 Å². The van der Waals surface area contributed by atoms with Crippen LogP contribution in [0.4, 0.5) is 0 Å². The Labute approximate surface area is 116 Å². The molecule has 0 aliphatic heterocycles. The van der Waals surface area contributed by atoms with Gasteiger partial charge in [0.2, 0.25) is 0 Å². The predicted octanol–water partition coefficient (Wildman–Crippen LogP) is 4.03. The summed E-state index contributed by atoms with van der Waals surface area (Å²) >= 11 is 0. The molecule has 0 radical (unpaired) electrons. The molecule has 0 saturated heterocycles. The first-order valence-corrected chi connectivity index (χ1v) is 7.52. The number of nitrogens with zero attached hydrogens (tertiary/aromatic N) is 3. The smallest absolute Gasteiger partial charge is 0.155 e. The molecule has 0 aliphatic rings. The van der Waals surface area contributed by atoms with Crippen LogP contribution in [0.15, 0.2) is 6.07 Å². The van der Waals surface area contributed by atoms with Crippen LogP contribution in [-0.2, 0) is 12.8 Å². The fraction of sp³-hybridized carbons (Fsp3) is 0.625. The second kappa shape index (κ2) is 6.18. The molecular weight excluding hydrogens is 234 g/mol. The van der Waals surface area contributed by atoms with E-state index in [1.807, 2.05) is 11.4 Å². The highest BCUT2D eigenvalue weighted by Crippen LogP contribution is 2.19. The molecule has 0 unspecified atom stereocenters. The Morgan fingerprint density at radius 3 is 2.42 bits per heavy atom. The van der Waals surface area contributed by atoms with Crippen LogP contribution < -0.4 is 0 Å². The van der Waals surface area contributed by atoms with Crippen LogP contribution in [0.3, 0.4) is 0 Å². The highest BCUT2D eigenvalue weighted by Gasteiger charge is 2.13. The second-order valence-electron chi connectivity index (χ2n) is 5.39. The number of hydrogen-bond donors (Lipinski definition) is 0. The third-order valence-corrected chi connectivity index (χ3v) is 3.71. The summed E-state index contributed by atoms with van der Waals surface area (Å²) in [6, 6.07) is 2.08. The lowest BCUT2D eigenvalue weighted by Crippen LogP contribution is -2.08. The van der Waals surface area contributed by atoms with Crippen molar-refractivity contribution in [3.63, 3.8) is 0 Å². The first-order valence-electron chi connectivity index (χ1n) is 7.52. The molecule has 0 amide bonds. The molecule has 0 aliphatic carbocycles. The number of rotatable bonds is 6. The van der Waals surface area contributed by atoms with Crippen molar-refractivity contribution >= 4 is 5.65 Å². The minimum absolute atomic E-state index is 1.00. The fourth-order valence-electron chi connectivity index (χ4n) is 2.58. The quantitative estimate of drug-likeness (QED) is 0.784. The minimum Gasteiger partial charge on any atom is -0.233 e. The van der Waals surface area contributed by atoms with Crippen molar-refractivity contribution < 1.29 is 0 Å². The first kappa shape index (κ1) is 14.0. The first-order chi connectivity index (χ1) is 9.17. The molecular formula is C16H25N3. The Bertz CT molecular complexity index is 555. The molecule has 3 heteroatoms. The van der Waals surface area contributed by atoms with Crippen LogP contribution >= 0.6 is 0 Å². The molecule has 0 aromatic carbocycles. The Morgan fingerprint density at radius 2 is 1.74 bits per heavy atom. The Kier molecular flexibility index (Phi) is 4.56. The molecule has 2 aromatic heterocycles. The number of fused-ring (bicyclic) bond motifs is 1. The predicted molar refractivity (Wildman–Crippen MR) is 79.7 cm³/mol. The zero-order valence-electron chi connectivity index (χ0n) is 12.7. The molecule has 104 valence electrons. The third-order valence-electron chi connectivity index (χ3n) is 3.71. The summed E-state index contributed by atoms with van der Waals surface area (Å²) in [5.41, 5.74) is 6.04. The van der Waals surface area contributed by atoms with Gasteiger partial charge < -0.3 is 0 Å². The number of hydrogen-bond acceptors (Lipinski definition) is 2. The maximum atomic E-state index is 4.85. The molecule has 0 spiro atoms. The van der Waals surface area contributed by atoms with Crippen LogP contribution in [-0.4, -0.2) is 14.6 Å². The molecule has 0 atom stereocenters. The van der Waals surface area contributed by atoms with Gasteiger partial charge >= 0.3 is 0 Å². The van der Waals surface area contributed by atoms with Gasteiger partial charge in [0.25, 0.3) is 0 Å². The van der Waals surface area contributed by atoms with Crippen molar-refractivity contribution in [1.29, 1.82) is 0 Å². The normalized spacial score (nSPS) is 11.4. The average Bonchev–Trinajstić information content (AvgIpc) is 2.76. The zero-order valence-corrected chi connectivity index (χ0v) is 12.7. The lowest BCUT2D eigenvalue weighted by molar-refractivity contribution is 0.719. The van der Waals surface area contributed by atoms with E-state index >= 15 is 0 Å². The topological polar surface area (TPSA) is 30.2 Å². The van der Waals surface area contributed by atoms with Crippen LogP contribution in [0.2, 0.25) is 0 Å². The van der Waals surface area contributed by atoms with Gasteiger partial charge in [-0.05, 0) is 45.1 Å². The van der Waals surface area contributed by atoms with E-state index in [0.29, 0.717) is 0 Å². The van der Waals surface area contributed by atoms with Crippen molar-refractivity contribution in [2.45, 2.75) is 66.2 Å². The van der Waals surface area contributed by atoms with Gasteiger partial charge in [0.05, 0.1) is 5.69 Å². The Balaban J connectivity index is 2.48. The van der Waals surface area contributed by atoms with Gasteiger partial charge in [-0.2, -0.15) is 5.10 Å². The fourth-order valence-corrected chi connectivity index (χ4v) is 2.58. The number of aryl methyl sites for hydroxylation is 3. The molecule has 0 bridgehead atoms. The summed E-state index contributed by atoms with van der Waals surface area (Å²) in [5.74, 6) is 0. The van der Waals surface area contributed by atoms with Crippen LogP contribution in [0.1, 0.15) is 62.2 Å². The lowest BCUT2D eigenvalue weighted by Gasteiger charge is -2.13. The molecule has 2 rings (SSSR count). The van der Waals surface area contributed by atoms with Crippen LogP contribution in [0.25, 0.3) is 5.65 Å². The SMILES string of the molecule is CCCCc1nc2cc(C)nn2c(C)c1CCCC. The summed E-state index contributed by atoms with van der Waals surface area (Å²) < 4.78 is 2.01. The maximum Gasteiger partial charge on any atom is 0.155 e. The Morgan fingerprint density at radius 1 is 1.05 bits per heavy atom. The maximum absolute atomic E-state index is 4.85. The molecule has 0 N–H and O–H groups in total. The Hall–Kier alpha value is -1.38. The minimum atomic E-state index is 1.00. The van der Waals surface area contributed by atoms with Crippen molar-refractivity contribution in [3.8, 4) is 0 Å². The zero-order chi connectivity index (χ0) is 13.8. The van der Waals surface area contributed by atoms with Gasteiger partial charge in [0.1, 0.15) is 0 Å². The highest BCUT2D eigenvalue weighted by atomic mass is 15.3. The van der Waals surface area contributed by atoms with E-state index < -0.39 is 0 Å². The monoisotopic (exact) mass is 259 g/mol. The van der Waals surface area contributed by atoms with E-state index in [1.165, 1.54) is 42.6 Å². The van der Waals surface area contributed by atoms with Crippen molar-refractivity contribution in [1.82, 2.24) is 14.6 Å². The van der Waals surface area contributed by atoms with Gasteiger partial charge in [-0.15, -0.1) is 0 Å². The standard InChI is InChI=1S/C16H25N3/c1-5-7-9-14-13(4)19-16(11-12(3)18-19)17-15(14)10-8-6-2/h11H,5-10H2,1-4H3. The molecule has 0 fully saturated rings. The van der Waals surface area contributed by atoms with Crippen molar-refractivity contribution in [2.24, 2.45) is 0 Å². The van der Waals surface area contributed by atoms with E-state index in [1.54, 1.807) is 0 Å². The van der Waals surface area contributed by atoms with Gasteiger partial charge in [0.15, 0.2) is 5.65 Å². The largest absolute Gasteiger partial charge is 0.233 e. The van der Waals surface area contributed by atoms with E-state index in [0.717, 1.165) is 24.2 Å². The van der Waals surface area contributed by atoms with Gasteiger partial charge in [-0.3, -0.25) is 0 Å². The van der Waals surface area contributed by atoms with Crippen molar-refractivity contribution in [3.05, 3.63) is 28.7 Å². The molecule has 2 heterocycles. The molecule has 0 saturated carbocycles. The summed E-state index contributed by atoms with van der Waals surface area (Å²) in [6.45, 7) is 8.69.